The zero-order valence-electron chi connectivity index (χ0n) is 12.8. The van der Waals surface area contributed by atoms with Crippen molar-refractivity contribution in [1.29, 1.82) is 0 Å². The summed E-state index contributed by atoms with van der Waals surface area (Å²) >= 11 is 5.59. The molecule has 0 saturated carbocycles. The van der Waals surface area contributed by atoms with Crippen molar-refractivity contribution >= 4 is 43.7 Å². The average molecular weight is 386 g/mol. The quantitative estimate of drug-likeness (QED) is 0.526. The lowest BCUT2D eigenvalue weighted by molar-refractivity contribution is 0.0742. The number of rotatable bonds is 1. The summed E-state index contributed by atoms with van der Waals surface area (Å²) in [7, 11) is 0. The van der Waals surface area contributed by atoms with Crippen molar-refractivity contribution in [2.75, 3.05) is 5.06 Å². The molecule has 0 N–H and O–H groups in total. The first-order valence-corrected chi connectivity index (χ1v) is 9.60. The summed E-state index contributed by atoms with van der Waals surface area (Å²) in [5.41, 5.74) is 4.03. The van der Waals surface area contributed by atoms with Crippen LogP contribution in [-0.2, 0) is 11.3 Å². The number of hydrogen-bond donors (Lipinski definition) is 0. The van der Waals surface area contributed by atoms with Gasteiger partial charge in [-0.15, -0.1) is 11.3 Å². The second-order valence-corrected chi connectivity index (χ2v) is 8.19. The molecule has 1 aromatic heterocycles. The van der Waals surface area contributed by atoms with Gasteiger partial charge in [0, 0.05) is 27.6 Å². The van der Waals surface area contributed by atoms with Gasteiger partial charge in [0.2, 0.25) is 0 Å². The minimum atomic E-state index is 0.294. The molecule has 1 fully saturated rings. The Morgan fingerprint density at radius 1 is 1.22 bits per heavy atom. The lowest BCUT2D eigenvalue weighted by atomic mass is 9.99. The molecule has 2 aliphatic heterocycles. The topological polar surface area (TPSA) is 12.5 Å². The Bertz CT molecular complexity index is 919. The molecule has 1 saturated heterocycles. The van der Waals surface area contributed by atoms with E-state index in [-0.39, 0.29) is 0 Å². The van der Waals surface area contributed by atoms with Crippen LogP contribution in [0.5, 0.6) is 0 Å². The van der Waals surface area contributed by atoms with Crippen LogP contribution >= 0.6 is 27.3 Å². The summed E-state index contributed by atoms with van der Waals surface area (Å²) in [6.07, 6.45) is 2.36. The monoisotopic (exact) mass is 385 g/mol. The second-order valence-electron chi connectivity index (χ2n) is 6.39. The summed E-state index contributed by atoms with van der Waals surface area (Å²) in [5.74, 6) is 0. The summed E-state index contributed by atoms with van der Waals surface area (Å²) in [6.45, 7) is 2.20. The molecule has 3 aromatic rings. The molecule has 2 atom stereocenters. The maximum Gasteiger partial charge on any atom is 0.0936 e. The van der Waals surface area contributed by atoms with Crippen molar-refractivity contribution in [2.24, 2.45) is 0 Å². The number of hydroxylamine groups is 1. The number of benzene rings is 2. The summed E-state index contributed by atoms with van der Waals surface area (Å²) in [6, 6.07) is 13.4. The molecule has 2 aliphatic rings. The maximum absolute atomic E-state index is 6.29. The van der Waals surface area contributed by atoms with Crippen LogP contribution in [0.2, 0.25) is 0 Å². The minimum absolute atomic E-state index is 0.294. The lowest BCUT2D eigenvalue weighted by Crippen LogP contribution is -2.27. The van der Waals surface area contributed by atoms with Crippen LogP contribution in [0.3, 0.4) is 0 Å². The van der Waals surface area contributed by atoms with Crippen molar-refractivity contribution in [3.63, 3.8) is 0 Å². The van der Waals surface area contributed by atoms with Crippen LogP contribution < -0.4 is 5.06 Å². The summed E-state index contributed by atoms with van der Waals surface area (Å²) < 4.78 is 1.18. The van der Waals surface area contributed by atoms with E-state index >= 15 is 0 Å². The van der Waals surface area contributed by atoms with Gasteiger partial charge < -0.3 is 0 Å². The van der Waals surface area contributed by atoms with Gasteiger partial charge in [0.25, 0.3) is 0 Å². The number of nitrogens with zero attached hydrogens (tertiary/aromatic N) is 1. The molecule has 23 heavy (non-hydrogen) atoms. The molecule has 0 radical (unpaired) electrons. The third-order valence-corrected chi connectivity index (χ3v) is 6.73. The SMILES string of the molecule is Cc1ccsc1[C@@H]1C[C@@H]2Cc3cc(Br)c4ccccc4c3N1O2. The van der Waals surface area contributed by atoms with Crippen molar-refractivity contribution in [3.8, 4) is 0 Å². The number of aryl methyl sites for hydroxylation is 1. The van der Waals surface area contributed by atoms with Crippen LogP contribution in [0.4, 0.5) is 5.69 Å². The van der Waals surface area contributed by atoms with Gasteiger partial charge in [-0.1, -0.05) is 40.2 Å². The van der Waals surface area contributed by atoms with Gasteiger partial charge in [0.05, 0.1) is 17.8 Å². The van der Waals surface area contributed by atoms with Crippen LogP contribution in [0, 0.1) is 6.92 Å². The largest absolute Gasteiger partial charge is 0.269 e. The number of hydrogen-bond acceptors (Lipinski definition) is 3. The molecular weight excluding hydrogens is 370 g/mol. The highest BCUT2D eigenvalue weighted by Gasteiger charge is 2.42. The molecule has 2 aromatic carbocycles. The van der Waals surface area contributed by atoms with E-state index in [2.05, 4.69) is 69.7 Å². The number of halogens is 1. The van der Waals surface area contributed by atoms with Crippen LogP contribution in [-0.4, -0.2) is 6.10 Å². The fourth-order valence-corrected chi connectivity index (χ4v) is 5.57. The van der Waals surface area contributed by atoms with Crippen molar-refractivity contribution in [2.45, 2.75) is 31.9 Å². The number of fused-ring (bicyclic) bond motifs is 6. The highest BCUT2D eigenvalue weighted by molar-refractivity contribution is 9.10. The fraction of sp³-hybridized carbons (Fsp3) is 0.263. The Morgan fingerprint density at radius 2 is 2.04 bits per heavy atom. The van der Waals surface area contributed by atoms with Gasteiger partial charge in [-0.3, -0.25) is 4.84 Å². The number of thiophene rings is 1. The Balaban J connectivity index is 1.75. The van der Waals surface area contributed by atoms with Crippen LogP contribution in [0.1, 0.15) is 28.5 Å². The predicted molar refractivity (Wildman–Crippen MR) is 99.1 cm³/mol. The van der Waals surface area contributed by atoms with Crippen LogP contribution in [0.25, 0.3) is 10.8 Å². The highest BCUT2D eigenvalue weighted by Crippen LogP contribution is 2.50. The van der Waals surface area contributed by atoms with E-state index in [0.29, 0.717) is 12.1 Å². The lowest BCUT2D eigenvalue weighted by Gasteiger charge is -2.31. The first-order chi connectivity index (χ1) is 11.2. The van der Waals surface area contributed by atoms with E-state index < -0.39 is 0 Å². The van der Waals surface area contributed by atoms with Crippen LogP contribution in [0.15, 0.2) is 46.3 Å². The van der Waals surface area contributed by atoms with Gasteiger partial charge in [-0.2, -0.15) is 0 Å². The maximum atomic E-state index is 6.29. The summed E-state index contributed by atoms with van der Waals surface area (Å²) in [4.78, 5) is 7.73. The van der Waals surface area contributed by atoms with Gasteiger partial charge in [0.15, 0.2) is 0 Å². The van der Waals surface area contributed by atoms with Crippen molar-refractivity contribution in [1.82, 2.24) is 0 Å². The van der Waals surface area contributed by atoms with E-state index in [4.69, 9.17) is 4.84 Å². The predicted octanol–water partition coefficient (Wildman–Crippen LogP) is 5.78. The van der Waals surface area contributed by atoms with Gasteiger partial charge in [-0.25, -0.2) is 5.06 Å². The Labute approximate surface area is 147 Å². The zero-order valence-corrected chi connectivity index (χ0v) is 15.2. The molecule has 4 heteroatoms. The van der Waals surface area contributed by atoms with E-state index in [1.54, 1.807) is 0 Å². The molecule has 0 spiro atoms. The molecule has 116 valence electrons. The first kappa shape index (κ1) is 14.0. The molecule has 5 rings (SSSR count). The minimum Gasteiger partial charge on any atom is -0.269 e. The normalized spacial score (nSPS) is 22.6. The van der Waals surface area contributed by atoms with Gasteiger partial charge >= 0.3 is 0 Å². The highest BCUT2D eigenvalue weighted by atomic mass is 79.9. The summed E-state index contributed by atoms with van der Waals surface area (Å²) in [5, 5.41) is 6.91. The van der Waals surface area contributed by atoms with Gasteiger partial charge in [0.1, 0.15) is 0 Å². The Hall–Kier alpha value is -1.36. The average Bonchev–Trinajstić information content (AvgIpc) is 3.11. The number of anilines is 1. The standard InChI is InChI=1S/C19H16BrNOS/c1-11-6-7-23-19(11)17-10-13-8-12-9-16(20)14-4-2-3-5-15(14)18(12)21(17)22-13/h2-7,9,13,17H,8,10H2,1H3/t13-,17-/m0/s1. The van der Waals surface area contributed by atoms with Crippen molar-refractivity contribution < 1.29 is 4.84 Å². The van der Waals surface area contributed by atoms with Crippen molar-refractivity contribution in [3.05, 3.63) is 62.3 Å². The van der Waals surface area contributed by atoms with E-state index in [0.717, 1.165) is 12.8 Å². The third kappa shape index (κ3) is 2.02. The molecule has 2 nitrogen and oxygen atoms in total. The first-order valence-electron chi connectivity index (χ1n) is 7.92. The van der Waals surface area contributed by atoms with E-state index in [1.807, 2.05) is 11.3 Å². The fourth-order valence-electron chi connectivity index (χ4n) is 3.92. The second kappa shape index (κ2) is 5.07. The molecule has 0 amide bonds. The third-order valence-electron chi connectivity index (χ3n) is 4.95. The Morgan fingerprint density at radius 3 is 2.83 bits per heavy atom. The molecule has 2 bridgehead atoms. The molecule has 0 unspecified atom stereocenters. The molecular formula is C19H16BrNOS. The van der Waals surface area contributed by atoms with Gasteiger partial charge in [-0.05, 0) is 40.9 Å². The Kier molecular flexibility index (Phi) is 3.09. The smallest absolute Gasteiger partial charge is 0.0936 e. The van der Waals surface area contributed by atoms with E-state index in [9.17, 15) is 0 Å². The molecule has 0 aliphatic carbocycles. The zero-order chi connectivity index (χ0) is 15.6. The van der Waals surface area contributed by atoms with E-state index in [1.165, 1.54) is 36.9 Å². The molecule has 3 heterocycles.